The van der Waals surface area contributed by atoms with Crippen LogP contribution in [0.2, 0.25) is 0 Å². The second kappa shape index (κ2) is 8.52. The Bertz CT molecular complexity index is 865. The van der Waals surface area contributed by atoms with Gasteiger partial charge in [-0.15, -0.1) is 0 Å². The zero-order valence-corrected chi connectivity index (χ0v) is 17.1. The van der Waals surface area contributed by atoms with Gasteiger partial charge in [-0.2, -0.15) is 5.10 Å². The predicted octanol–water partition coefficient (Wildman–Crippen LogP) is 3.32. The highest BCUT2D eigenvalue weighted by molar-refractivity contribution is 9.10. The van der Waals surface area contributed by atoms with E-state index in [4.69, 9.17) is 0 Å². The molecule has 1 fully saturated rings. The van der Waals surface area contributed by atoms with Gasteiger partial charge in [0.15, 0.2) is 0 Å². The summed E-state index contributed by atoms with van der Waals surface area (Å²) in [5.41, 5.74) is 6.37. The third-order valence-electron chi connectivity index (χ3n) is 4.76. The van der Waals surface area contributed by atoms with Crippen molar-refractivity contribution in [3.8, 4) is 5.69 Å². The number of nitrogens with one attached hydrogen (secondary N) is 1. The number of aromatic nitrogens is 1. The number of carbonyl (C=O) groups excluding carboxylic acids is 2. The predicted molar refractivity (Wildman–Crippen MR) is 109 cm³/mol. The zero-order valence-electron chi connectivity index (χ0n) is 15.5. The van der Waals surface area contributed by atoms with E-state index in [9.17, 15) is 9.59 Å². The number of amides is 2. The number of rotatable bonds is 3. The lowest BCUT2D eigenvalue weighted by atomic mass is 10.1. The number of hydrogen-bond donors (Lipinski definition) is 1. The summed E-state index contributed by atoms with van der Waals surface area (Å²) in [6, 6.07) is 10.1. The lowest BCUT2D eigenvalue weighted by Crippen LogP contribution is -2.43. The van der Waals surface area contributed by atoms with Crippen molar-refractivity contribution >= 4 is 34.0 Å². The van der Waals surface area contributed by atoms with Crippen molar-refractivity contribution < 1.29 is 9.59 Å². The topological polar surface area (TPSA) is 66.7 Å². The van der Waals surface area contributed by atoms with Gasteiger partial charge in [0.05, 0.1) is 6.21 Å². The first-order chi connectivity index (χ1) is 13.0. The van der Waals surface area contributed by atoms with Gasteiger partial charge in [-0.3, -0.25) is 9.59 Å². The third kappa shape index (κ3) is 4.47. The Morgan fingerprint density at radius 2 is 1.78 bits per heavy atom. The number of hydrogen-bond acceptors (Lipinski definition) is 3. The number of aryl methyl sites for hydroxylation is 1. The monoisotopic (exact) mass is 430 g/mol. The highest BCUT2D eigenvalue weighted by atomic mass is 79.9. The summed E-state index contributed by atoms with van der Waals surface area (Å²) in [6.07, 6.45) is 4.59. The summed E-state index contributed by atoms with van der Waals surface area (Å²) in [6.45, 7) is 5.30. The van der Waals surface area contributed by atoms with Crippen LogP contribution in [-0.4, -0.2) is 40.6 Å². The van der Waals surface area contributed by atoms with E-state index in [2.05, 4.69) is 31.0 Å². The molecule has 0 bridgehead atoms. The number of halogens is 1. The number of nitrogens with zero attached hydrogens (tertiary/aromatic N) is 3. The molecule has 0 spiro atoms. The molecule has 1 N–H and O–H groups in total. The molecule has 0 aliphatic carbocycles. The normalized spacial score (nSPS) is 14.6. The molecule has 6 nitrogen and oxygen atoms in total. The first kappa shape index (κ1) is 19.4. The van der Waals surface area contributed by atoms with Crippen LogP contribution in [0.15, 0.2) is 39.9 Å². The molecule has 2 heterocycles. The Morgan fingerprint density at radius 3 is 2.44 bits per heavy atom. The minimum absolute atomic E-state index is 0.507. The molecule has 0 atom stereocenters. The third-order valence-corrected chi connectivity index (χ3v) is 5.29. The molecule has 27 heavy (non-hydrogen) atoms. The maximum atomic E-state index is 12.1. The molecule has 0 unspecified atom stereocenters. The van der Waals surface area contributed by atoms with Crippen molar-refractivity contribution in [1.29, 1.82) is 0 Å². The number of likely N-dealkylation sites (tertiary alicyclic amines) is 1. The maximum Gasteiger partial charge on any atom is 0.329 e. The number of carbonyl (C=O) groups is 2. The standard InChI is InChI=1S/C20H23BrN4O2/c1-14-12-16(15(2)25(14)18-8-6-17(21)7-9-18)13-22-23-19(26)20(27)24-10-4-3-5-11-24/h6-9,12-13H,3-5,10-11H2,1-2H3,(H,23,26)/b22-13-. The summed E-state index contributed by atoms with van der Waals surface area (Å²) in [4.78, 5) is 25.7. The second-order valence-corrected chi connectivity index (χ2v) is 7.61. The Balaban J connectivity index is 1.68. The number of hydrazone groups is 1. The first-order valence-corrected chi connectivity index (χ1v) is 9.84. The largest absolute Gasteiger partial charge is 0.334 e. The van der Waals surface area contributed by atoms with Crippen LogP contribution >= 0.6 is 15.9 Å². The van der Waals surface area contributed by atoms with E-state index in [1.54, 1.807) is 11.1 Å². The first-order valence-electron chi connectivity index (χ1n) is 9.04. The average molecular weight is 431 g/mol. The molecule has 1 aliphatic heterocycles. The number of piperidine rings is 1. The SMILES string of the molecule is Cc1cc(/C=N\NC(=O)C(=O)N2CCCCC2)c(C)n1-c1ccc(Br)cc1. The summed E-state index contributed by atoms with van der Waals surface area (Å²) in [5.74, 6) is -1.19. The molecule has 1 aromatic heterocycles. The van der Waals surface area contributed by atoms with E-state index in [0.717, 1.165) is 46.4 Å². The average Bonchev–Trinajstić information content (AvgIpc) is 2.96. The minimum Gasteiger partial charge on any atom is -0.334 e. The molecule has 142 valence electrons. The molecule has 1 aromatic carbocycles. The van der Waals surface area contributed by atoms with Crippen molar-refractivity contribution in [3.63, 3.8) is 0 Å². The van der Waals surface area contributed by atoms with Gasteiger partial charge in [-0.25, -0.2) is 5.43 Å². The van der Waals surface area contributed by atoms with Gasteiger partial charge in [0.25, 0.3) is 0 Å². The van der Waals surface area contributed by atoms with Crippen LogP contribution in [0.4, 0.5) is 0 Å². The molecule has 7 heteroatoms. The van der Waals surface area contributed by atoms with E-state index in [1.165, 1.54) is 0 Å². The molecule has 2 amide bonds. The van der Waals surface area contributed by atoms with Crippen molar-refractivity contribution in [2.24, 2.45) is 5.10 Å². The van der Waals surface area contributed by atoms with Crippen LogP contribution in [-0.2, 0) is 9.59 Å². The van der Waals surface area contributed by atoms with Crippen LogP contribution in [0.25, 0.3) is 5.69 Å². The van der Waals surface area contributed by atoms with Crippen LogP contribution in [0, 0.1) is 13.8 Å². The Kier molecular flexibility index (Phi) is 6.11. The minimum atomic E-state index is -0.685. The van der Waals surface area contributed by atoms with Crippen molar-refractivity contribution in [2.45, 2.75) is 33.1 Å². The lowest BCUT2D eigenvalue weighted by molar-refractivity contribution is -0.146. The van der Waals surface area contributed by atoms with E-state index in [-0.39, 0.29) is 0 Å². The fraction of sp³-hybridized carbons (Fsp3) is 0.350. The van der Waals surface area contributed by atoms with Crippen LogP contribution in [0.5, 0.6) is 0 Å². The van der Waals surface area contributed by atoms with Crippen molar-refractivity contribution in [3.05, 3.63) is 51.8 Å². The summed E-state index contributed by atoms with van der Waals surface area (Å²) >= 11 is 3.45. The van der Waals surface area contributed by atoms with Gasteiger partial charge in [-0.1, -0.05) is 15.9 Å². The summed E-state index contributed by atoms with van der Waals surface area (Å²) in [7, 11) is 0. The van der Waals surface area contributed by atoms with Crippen LogP contribution in [0.3, 0.4) is 0 Å². The fourth-order valence-electron chi connectivity index (χ4n) is 3.35. The Labute approximate surface area is 167 Å². The van der Waals surface area contributed by atoms with Gasteiger partial charge in [0, 0.05) is 40.2 Å². The summed E-state index contributed by atoms with van der Waals surface area (Å²) < 4.78 is 3.14. The van der Waals surface area contributed by atoms with Crippen LogP contribution < -0.4 is 5.43 Å². The maximum absolute atomic E-state index is 12.1. The smallest absolute Gasteiger partial charge is 0.329 e. The van der Waals surface area contributed by atoms with Crippen molar-refractivity contribution in [1.82, 2.24) is 14.9 Å². The van der Waals surface area contributed by atoms with E-state index >= 15 is 0 Å². The lowest BCUT2D eigenvalue weighted by Gasteiger charge is -2.25. The molecular formula is C20H23BrN4O2. The second-order valence-electron chi connectivity index (χ2n) is 6.69. The van der Waals surface area contributed by atoms with Crippen LogP contribution in [0.1, 0.15) is 36.2 Å². The van der Waals surface area contributed by atoms with Gasteiger partial charge in [0.2, 0.25) is 0 Å². The molecule has 3 rings (SSSR count). The molecule has 0 saturated carbocycles. The summed E-state index contributed by atoms with van der Waals surface area (Å²) in [5, 5.41) is 3.99. The Morgan fingerprint density at radius 1 is 1.11 bits per heavy atom. The van der Waals surface area contributed by atoms with E-state index < -0.39 is 11.8 Å². The Hall–Kier alpha value is -2.41. The molecule has 0 radical (unpaired) electrons. The van der Waals surface area contributed by atoms with E-state index in [1.807, 2.05) is 44.2 Å². The van der Waals surface area contributed by atoms with Gasteiger partial charge >= 0.3 is 11.8 Å². The highest BCUT2D eigenvalue weighted by Crippen LogP contribution is 2.21. The fourth-order valence-corrected chi connectivity index (χ4v) is 3.62. The van der Waals surface area contributed by atoms with Gasteiger partial charge < -0.3 is 9.47 Å². The number of benzene rings is 1. The van der Waals surface area contributed by atoms with Gasteiger partial charge in [-0.05, 0) is 63.4 Å². The molecule has 1 saturated heterocycles. The van der Waals surface area contributed by atoms with E-state index in [0.29, 0.717) is 13.1 Å². The molecule has 2 aromatic rings. The highest BCUT2D eigenvalue weighted by Gasteiger charge is 2.22. The molecule has 1 aliphatic rings. The zero-order chi connectivity index (χ0) is 19.4. The quantitative estimate of drug-likeness (QED) is 0.460. The van der Waals surface area contributed by atoms with Crippen molar-refractivity contribution in [2.75, 3.05) is 13.1 Å². The van der Waals surface area contributed by atoms with Gasteiger partial charge in [0.1, 0.15) is 0 Å². The molecular weight excluding hydrogens is 408 g/mol.